The van der Waals surface area contributed by atoms with Gasteiger partial charge in [-0.25, -0.2) is 0 Å². The number of hydrogen-bond acceptors (Lipinski definition) is 1. The predicted molar refractivity (Wildman–Crippen MR) is 216 cm³/mol. The van der Waals surface area contributed by atoms with Gasteiger partial charge in [0, 0.05) is 16.8 Å². The maximum Gasteiger partial charge on any atom is 0.0502 e. The van der Waals surface area contributed by atoms with Crippen LogP contribution in [-0.2, 0) is 5.41 Å². The summed E-state index contributed by atoms with van der Waals surface area (Å²) in [6.07, 6.45) is 12.3. The van der Waals surface area contributed by atoms with Crippen LogP contribution in [0.15, 0.2) is 127 Å². The summed E-state index contributed by atoms with van der Waals surface area (Å²) in [5.41, 5.74) is 15.1. The SMILES string of the molecule is CC1(C)c2cc(N(c3ccc(C4CC5CCC4C5)cc3)c3cc4ccccc4cc3C3CCCCC3)ccc2-c2c(-c3ccccc3)cccc21. The van der Waals surface area contributed by atoms with Gasteiger partial charge in [0.15, 0.2) is 0 Å². The second kappa shape index (κ2) is 12.3. The summed E-state index contributed by atoms with van der Waals surface area (Å²) in [7, 11) is 0. The molecule has 51 heavy (non-hydrogen) atoms. The van der Waals surface area contributed by atoms with Crippen molar-refractivity contribution in [2.24, 2.45) is 11.8 Å². The molecular weight excluding hydrogens is 615 g/mol. The summed E-state index contributed by atoms with van der Waals surface area (Å²) in [6.45, 7) is 4.85. The Bertz CT molecular complexity index is 2240. The van der Waals surface area contributed by atoms with Crippen molar-refractivity contribution < 1.29 is 0 Å². The van der Waals surface area contributed by atoms with Gasteiger partial charge in [-0.3, -0.25) is 0 Å². The lowest BCUT2D eigenvalue weighted by Gasteiger charge is -2.33. The van der Waals surface area contributed by atoms with E-state index in [1.165, 1.54) is 125 Å². The molecule has 1 heteroatoms. The minimum absolute atomic E-state index is 0.113. The predicted octanol–water partition coefficient (Wildman–Crippen LogP) is 14.2. The van der Waals surface area contributed by atoms with E-state index < -0.39 is 0 Å². The summed E-state index contributed by atoms with van der Waals surface area (Å²) in [6, 6.07) is 49.1. The molecule has 3 fully saturated rings. The topological polar surface area (TPSA) is 3.24 Å². The number of hydrogen-bond donors (Lipinski definition) is 0. The van der Waals surface area contributed by atoms with Crippen LogP contribution < -0.4 is 4.90 Å². The molecule has 1 nitrogen and oxygen atoms in total. The van der Waals surface area contributed by atoms with E-state index in [2.05, 4.69) is 146 Å². The Labute approximate surface area is 304 Å². The third kappa shape index (κ3) is 5.18. The van der Waals surface area contributed by atoms with Crippen molar-refractivity contribution in [1.29, 1.82) is 0 Å². The fourth-order valence-corrected chi connectivity index (χ4v) is 10.9. The minimum Gasteiger partial charge on any atom is -0.310 e. The normalized spacial score (nSPS) is 21.9. The number of fused-ring (bicyclic) bond motifs is 6. The molecule has 10 rings (SSSR count). The number of benzene rings is 6. The summed E-state index contributed by atoms with van der Waals surface area (Å²) < 4.78 is 0. The van der Waals surface area contributed by atoms with Gasteiger partial charge >= 0.3 is 0 Å². The molecule has 0 saturated heterocycles. The van der Waals surface area contributed by atoms with Crippen LogP contribution in [0.2, 0.25) is 0 Å². The van der Waals surface area contributed by atoms with Crippen LogP contribution in [-0.4, -0.2) is 0 Å². The van der Waals surface area contributed by atoms with E-state index in [0.29, 0.717) is 5.92 Å². The highest BCUT2D eigenvalue weighted by Crippen LogP contribution is 2.55. The molecule has 0 aliphatic heterocycles. The third-order valence-corrected chi connectivity index (χ3v) is 13.5. The van der Waals surface area contributed by atoms with Crippen LogP contribution in [0.25, 0.3) is 33.0 Å². The Balaban J connectivity index is 1.15. The summed E-state index contributed by atoms with van der Waals surface area (Å²) in [5, 5.41) is 2.67. The molecule has 254 valence electrons. The summed E-state index contributed by atoms with van der Waals surface area (Å²) in [5.74, 6) is 3.16. The third-order valence-electron chi connectivity index (χ3n) is 13.5. The zero-order chi connectivity index (χ0) is 34.1. The fraction of sp³-hybridized carbons (Fsp3) is 0.320. The fourth-order valence-electron chi connectivity index (χ4n) is 10.9. The molecule has 0 N–H and O–H groups in total. The second-order valence-corrected chi connectivity index (χ2v) is 16.8. The molecule has 3 unspecified atom stereocenters. The standard InChI is InChI=1S/C50H49N/c1-50(2)46-19-11-18-42(34-12-5-3-6-13-34)49(46)43-27-26-41(32-47(43)50)51(40-24-22-36(23-25-40)44-29-33-20-21-39(44)28-33)48-31-38-17-10-9-16-37(38)30-45(48)35-14-7-4-8-15-35/h3,5-6,9-13,16-19,22-27,30-33,35,39,44H,4,7-8,14-15,20-21,28-29H2,1-2H3. The van der Waals surface area contributed by atoms with Crippen LogP contribution in [0, 0.1) is 11.8 Å². The number of nitrogens with zero attached hydrogens (tertiary/aromatic N) is 1. The molecule has 2 bridgehead atoms. The molecule has 0 heterocycles. The quantitative estimate of drug-likeness (QED) is 0.171. The minimum atomic E-state index is -0.113. The molecule has 6 aromatic carbocycles. The largest absolute Gasteiger partial charge is 0.310 e. The Morgan fingerprint density at radius 1 is 0.569 bits per heavy atom. The molecule has 0 spiro atoms. The van der Waals surface area contributed by atoms with Crippen molar-refractivity contribution >= 4 is 27.8 Å². The van der Waals surface area contributed by atoms with Crippen molar-refractivity contribution in [3.63, 3.8) is 0 Å². The molecule has 3 saturated carbocycles. The van der Waals surface area contributed by atoms with Crippen LogP contribution in [0.4, 0.5) is 17.1 Å². The van der Waals surface area contributed by atoms with Crippen molar-refractivity contribution in [3.8, 4) is 22.3 Å². The lowest BCUT2D eigenvalue weighted by Crippen LogP contribution is -2.18. The second-order valence-electron chi connectivity index (χ2n) is 16.8. The Morgan fingerprint density at radius 2 is 1.31 bits per heavy atom. The van der Waals surface area contributed by atoms with E-state index in [1.807, 2.05) is 0 Å². The average molecular weight is 664 g/mol. The first-order chi connectivity index (χ1) is 25.0. The van der Waals surface area contributed by atoms with Crippen LogP contribution in [0.5, 0.6) is 0 Å². The van der Waals surface area contributed by atoms with Gasteiger partial charge in [-0.1, -0.05) is 131 Å². The van der Waals surface area contributed by atoms with E-state index >= 15 is 0 Å². The van der Waals surface area contributed by atoms with Crippen molar-refractivity contribution in [3.05, 3.63) is 150 Å². The highest BCUT2D eigenvalue weighted by molar-refractivity contribution is 5.95. The first-order valence-corrected chi connectivity index (χ1v) is 19.8. The Kier molecular flexibility index (Phi) is 7.49. The van der Waals surface area contributed by atoms with Crippen LogP contribution in [0.3, 0.4) is 0 Å². The molecule has 0 amide bonds. The van der Waals surface area contributed by atoms with E-state index in [4.69, 9.17) is 0 Å². The molecule has 4 aliphatic rings. The summed E-state index contributed by atoms with van der Waals surface area (Å²) >= 11 is 0. The van der Waals surface area contributed by atoms with Crippen LogP contribution in [0.1, 0.15) is 106 Å². The van der Waals surface area contributed by atoms with E-state index in [1.54, 1.807) is 5.56 Å². The molecule has 6 aromatic rings. The van der Waals surface area contributed by atoms with Gasteiger partial charge < -0.3 is 4.90 Å². The lowest BCUT2D eigenvalue weighted by molar-refractivity contribution is 0.420. The maximum atomic E-state index is 2.62. The van der Waals surface area contributed by atoms with Gasteiger partial charge in [-0.05, 0) is 147 Å². The van der Waals surface area contributed by atoms with Gasteiger partial charge in [0.1, 0.15) is 0 Å². The van der Waals surface area contributed by atoms with E-state index in [-0.39, 0.29) is 5.41 Å². The zero-order valence-electron chi connectivity index (χ0n) is 30.2. The molecular formula is C50H49N. The number of anilines is 3. The molecule has 0 radical (unpaired) electrons. The zero-order valence-corrected chi connectivity index (χ0v) is 30.2. The van der Waals surface area contributed by atoms with Crippen LogP contribution >= 0.6 is 0 Å². The lowest BCUT2D eigenvalue weighted by atomic mass is 9.81. The molecule has 0 aromatic heterocycles. The first-order valence-electron chi connectivity index (χ1n) is 19.8. The summed E-state index contributed by atoms with van der Waals surface area (Å²) in [4.78, 5) is 2.62. The van der Waals surface area contributed by atoms with Crippen molar-refractivity contribution in [2.75, 3.05) is 4.90 Å². The van der Waals surface area contributed by atoms with Gasteiger partial charge in [0.25, 0.3) is 0 Å². The van der Waals surface area contributed by atoms with Gasteiger partial charge in [0.2, 0.25) is 0 Å². The van der Waals surface area contributed by atoms with Gasteiger partial charge in [-0.15, -0.1) is 0 Å². The molecule has 3 atom stereocenters. The van der Waals surface area contributed by atoms with E-state index in [0.717, 1.165) is 17.8 Å². The van der Waals surface area contributed by atoms with Gasteiger partial charge in [-0.2, -0.15) is 0 Å². The Hall–Kier alpha value is -4.62. The first kappa shape index (κ1) is 31.1. The highest BCUT2D eigenvalue weighted by Gasteiger charge is 2.40. The van der Waals surface area contributed by atoms with Gasteiger partial charge in [0.05, 0.1) is 5.69 Å². The number of rotatable bonds is 6. The Morgan fingerprint density at radius 3 is 2.06 bits per heavy atom. The highest BCUT2D eigenvalue weighted by atomic mass is 15.1. The average Bonchev–Trinajstić information content (AvgIpc) is 3.88. The van der Waals surface area contributed by atoms with Crippen molar-refractivity contribution in [2.45, 2.75) is 88.9 Å². The smallest absolute Gasteiger partial charge is 0.0502 e. The molecule has 4 aliphatic carbocycles. The maximum absolute atomic E-state index is 2.62. The van der Waals surface area contributed by atoms with E-state index in [9.17, 15) is 0 Å². The monoisotopic (exact) mass is 663 g/mol. The van der Waals surface area contributed by atoms with Crippen molar-refractivity contribution in [1.82, 2.24) is 0 Å².